The third kappa shape index (κ3) is 3.65. The predicted octanol–water partition coefficient (Wildman–Crippen LogP) is 4.87. The molecule has 160 valence electrons. The van der Waals surface area contributed by atoms with Crippen molar-refractivity contribution in [2.45, 2.75) is 43.7 Å². The zero-order chi connectivity index (χ0) is 21.3. The van der Waals surface area contributed by atoms with Crippen molar-refractivity contribution in [1.82, 2.24) is 4.90 Å². The number of likely N-dealkylation sites (tertiary alicyclic amines) is 1. The number of hydrogen-bond donors (Lipinski definition) is 1. The van der Waals surface area contributed by atoms with E-state index in [9.17, 15) is 9.90 Å². The maximum atomic E-state index is 13.6. The van der Waals surface area contributed by atoms with E-state index in [1.165, 1.54) is 0 Å². The van der Waals surface area contributed by atoms with E-state index in [1.807, 2.05) is 35.2 Å². The molecule has 1 aliphatic carbocycles. The first-order chi connectivity index (χ1) is 14.5. The van der Waals surface area contributed by atoms with E-state index < -0.39 is 5.60 Å². The summed E-state index contributed by atoms with van der Waals surface area (Å²) in [6.45, 7) is 0.460. The number of carbonyl (C=O) groups excluding carboxylic acids is 1. The molecule has 1 N–H and O–H groups in total. The molecular formula is C24H28ClNO4. The van der Waals surface area contributed by atoms with Gasteiger partial charge < -0.3 is 19.5 Å². The predicted molar refractivity (Wildman–Crippen MR) is 116 cm³/mol. The number of fused-ring (bicyclic) bond motifs is 1. The zero-order valence-corrected chi connectivity index (χ0v) is 18.2. The Morgan fingerprint density at radius 3 is 2.67 bits per heavy atom. The van der Waals surface area contributed by atoms with E-state index in [-0.39, 0.29) is 17.9 Å². The van der Waals surface area contributed by atoms with Gasteiger partial charge in [0, 0.05) is 18.0 Å². The number of halogens is 1. The zero-order valence-electron chi connectivity index (χ0n) is 17.4. The topological polar surface area (TPSA) is 59.0 Å². The summed E-state index contributed by atoms with van der Waals surface area (Å²) in [4.78, 5) is 15.5. The molecule has 5 nitrogen and oxygen atoms in total. The Morgan fingerprint density at radius 2 is 1.93 bits per heavy atom. The van der Waals surface area contributed by atoms with Crippen molar-refractivity contribution >= 4 is 17.5 Å². The number of aliphatic hydroxyl groups is 1. The molecule has 1 saturated heterocycles. The van der Waals surface area contributed by atoms with Crippen molar-refractivity contribution in [2.75, 3.05) is 20.8 Å². The van der Waals surface area contributed by atoms with Crippen LogP contribution in [0.3, 0.4) is 0 Å². The molecule has 2 aliphatic rings. The average molecular weight is 430 g/mol. The number of carbonyl (C=O) groups is 1. The molecule has 0 unspecified atom stereocenters. The minimum absolute atomic E-state index is 0.0764. The number of nitrogens with zero attached hydrogens (tertiary/aromatic N) is 1. The Labute approximate surface area is 182 Å². The van der Waals surface area contributed by atoms with Crippen LogP contribution in [0.4, 0.5) is 0 Å². The van der Waals surface area contributed by atoms with E-state index >= 15 is 0 Å². The fourth-order valence-corrected chi connectivity index (χ4v) is 5.37. The van der Waals surface area contributed by atoms with Crippen LogP contribution < -0.4 is 9.47 Å². The largest absolute Gasteiger partial charge is 0.497 e. The van der Waals surface area contributed by atoms with Crippen LogP contribution in [0.2, 0.25) is 5.02 Å². The summed E-state index contributed by atoms with van der Waals surface area (Å²) in [7, 11) is 3.25. The summed E-state index contributed by atoms with van der Waals surface area (Å²) < 4.78 is 11.1. The maximum Gasteiger partial charge on any atom is 0.255 e. The molecule has 1 amide bonds. The van der Waals surface area contributed by atoms with Crippen molar-refractivity contribution < 1.29 is 19.4 Å². The second kappa shape index (κ2) is 8.48. The molecule has 2 aromatic carbocycles. The van der Waals surface area contributed by atoms with Crippen LogP contribution in [0.15, 0.2) is 42.5 Å². The minimum Gasteiger partial charge on any atom is -0.497 e. The molecular weight excluding hydrogens is 402 g/mol. The Morgan fingerprint density at radius 1 is 1.13 bits per heavy atom. The van der Waals surface area contributed by atoms with Gasteiger partial charge in [0.2, 0.25) is 0 Å². The number of benzene rings is 2. The molecule has 1 aliphatic heterocycles. The van der Waals surface area contributed by atoms with Crippen LogP contribution in [0.5, 0.6) is 11.5 Å². The van der Waals surface area contributed by atoms with Crippen LogP contribution in [0.1, 0.15) is 54.1 Å². The fraction of sp³-hybridized carbons (Fsp3) is 0.458. The molecule has 1 saturated carbocycles. The number of piperidine rings is 1. The van der Waals surface area contributed by atoms with E-state index in [4.69, 9.17) is 21.1 Å². The van der Waals surface area contributed by atoms with Crippen LogP contribution in [-0.4, -0.2) is 42.3 Å². The first-order valence-corrected chi connectivity index (χ1v) is 10.9. The number of rotatable bonds is 4. The third-order valence-electron chi connectivity index (χ3n) is 6.69. The molecule has 3 atom stereocenters. The molecule has 0 aromatic heterocycles. The summed E-state index contributed by atoms with van der Waals surface area (Å²) in [5.74, 6) is 1.18. The number of amides is 1. The highest BCUT2D eigenvalue weighted by atomic mass is 35.5. The highest BCUT2D eigenvalue weighted by Gasteiger charge is 2.51. The first kappa shape index (κ1) is 21.0. The second-order valence-corrected chi connectivity index (χ2v) is 8.64. The summed E-state index contributed by atoms with van der Waals surface area (Å²) >= 11 is 6.36. The third-order valence-corrected chi connectivity index (χ3v) is 7.02. The number of methoxy groups -OCH3 is 2. The van der Waals surface area contributed by atoms with Gasteiger partial charge in [-0.15, -0.1) is 0 Å². The van der Waals surface area contributed by atoms with Crippen molar-refractivity contribution in [3.63, 3.8) is 0 Å². The fourth-order valence-electron chi connectivity index (χ4n) is 5.15. The number of ether oxygens (including phenoxy) is 2. The Hall–Kier alpha value is -2.24. The van der Waals surface area contributed by atoms with Crippen molar-refractivity contribution in [3.05, 3.63) is 58.6 Å². The van der Waals surface area contributed by atoms with E-state index in [1.54, 1.807) is 26.4 Å². The number of hydrogen-bond acceptors (Lipinski definition) is 4. The standard InChI is InChI=1S/C24H28ClNO4/c1-29-16-10-11-21(30-2)18(15-16)22-19-8-5-6-12-24(19,28)13-14-26(22)23(27)17-7-3-4-9-20(17)25/h3-4,7,9-11,15,19,22,28H,5-6,8,12-14H2,1-2H3/t19-,22-,24-/m0/s1. The Balaban J connectivity index is 1.84. The van der Waals surface area contributed by atoms with Gasteiger partial charge in [-0.3, -0.25) is 4.79 Å². The molecule has 0 bridgehead atoms. The van der Waals surface area contributed by atoms with Gasteiger partial charge in [0.25, 0.3) is 5.91 Å². The molecule has 2 aromatic rings. The van der Waals surface area contributed by atoms with Gasteiger partial charge in [-0.2, -0.15) is 0 Å². The Bertz CT molecular complexity index is 933. The maximum absolute atomic E-state index is 13.6. The highest BCUT2D eigenvalue weighted by molar-refractivity contribution is 6.33. The lowest BCUT2D eigenvalue weighted by atomic mass is 9.66. The van der Waals surface area contributed by atoms with Crippen LogP contribution in [0, 0.1) is 5.92 Å². The Kier molecular flexibility index (Phi) is 5.94. The monoisotopic (exact) mass is 429 g/mol. The lowest BCUT2D eigenvalue weighted by molar-refractivity contribution is -0.115. The van der Waals surface area contributed by atoms with Gasteiger partial charge >= 0.3 is 0 Å². The van der Waals surface area contributed by atoms with Gasteiger partial charge in [0.15, 0.2) is 0 Å². The van der Waals surface area contributed by atoms with Gasteiger partial charge in [-0.1, -0.05) is 36.6 Å². The summed E-state index contributed by atoms with van der Waals surface area (Å²) in [5.41, 5.74) is 0.559. The van der Waals surface area contributed by atoms with E-state index in [0.717, 1.165) is 31.2 Å². The lowest BCUT2D eigenvalue weighted by Crippen LogP contribution is -2.56. The van der Waals surface area contributed by atoms with Gasteiger partial charge in [-0.25, -0.2) is 0 Å². The van der Waals surface area contributed by atoms with Crippen molar-refractivity contribution in [1.29, 1.82) is 0 Å². The molecule has 4 rings (SSSR count). The van der Waals surface area contributed by atoms with E-state index in [2.05, 4.69) is 0 Å². The molecule has 1 heterocycles. The lowest BCUT2D eigenvalue weighted by Gasteiger charge is -2.52. The minimum atomic E-state index is -0.783. The summed E-state index contributed by atoms with van der Waals surface area (Å²) in [5, 5.41) is 11.9. The highest BCUT2D eigenvalue weighted by Crippen LogP contribution is 2.51. The molecule has 0 radical (unpaired) electrons. The van der Waals surface area contributed by atoms with Crippen LogP contribution in [0.25, 0.3) is 0 Å². The molecule has 6 heteroatoms. The van der Waals surface area contributed by atoms with Gasteiger partial charge in [0.05, 0.1) is 36.4 Å². The van der Waals surface area contributed by atoms with Gasteiger partial charge in [0.1, 0.15) is 11.5 Å². The molecule has 0 spiro atoms. The van der Waals surface area contributed by atoms with Crippen LogP contribution >= 0.6 is 11.6 Å². The van der Waals surface area contributed by atoms with Gasteiger partial charge in [-0.05, 0) is 49.6 Å². The second-order valence-electron chi connectivity index (χ2n) is 8.24. The summed E-state index contributed by atoms with van der Waals surface area (Å²) in [6.07, 6.45) is 4.22. The smallest absolute Gasteiger partial charge is 0.255 e. The SMILES string of the molecule is COc1ccc(OC)c([C@H]2[C@@H]3CCCC[C@]3(O)CCN2C(=O)c2ccccc2Cl)c1. The van der Waals surface area contributed by atoms with Crippen molar-refractivity contribution in [3.8, 4) is 11.5 Å². The average Bonchev–Trinajstić information content (AvgIpc) is 2.77. The quantitative estimate of drug-likeness (QED) is 0.753. The van der Waals surface area contributed by atoms with E-state index in [0.29, 0.717) is 35.1 Å². The normalized spacial score (nSPS) is 26.1. The van der Waals surface area contributed by atoms with Crippen LogP contribution in [-0.2, 0) is 0 Å². The first-order valence-electron chi connectivity index (χ1n) is 10.5. The molecule has 2 fully saturated rings. The molecule has 30 heavy (non-hydrogen) atoms. The van der Waals surface area contributed by atoms with Crippen molar-refractivity contribution in [2.24, 2.45) is 5.92 Å². The summed E-state index contributed by atoms with van der Waals surface area (Å²) in [6, 6.07) is 12.4.